The molecule has 0 saturated carbocycles. The van der Waals surface area contributed by atoms with E-state index in [0.29, 0.717) is 12.2 Å². The topological polar surface area (TPSA) is 70.6 Å². The molecule has 1 saturated heterocycles. The number of fused-ring (bicyclic) bond motifs is 1. The van der Waals surface area contributed by atoms with Crippen molar-refractivity contribution in [3.63, 3.8) is 0 Å². The van der Waals surface area contributed by atoms with Gasteiger partial charge in [-0.05, 0) is 24.3 Å². The lowest BCUT2D eigenvalue weighted by molar-refractivity contribution is 0.0943. The van der Waals surface area contributed by atoms with E-state index in [1.165, 1.54) is 11.9 Å². The number of nitrogens with zero attached hydrogens (tertiary/aromatic N) is 4. The zero-order chi connectivity index (χ0) is 20.1. The second kappa shape index (κ2) is 8.87. The second-order valence-corrected chi connectivity index (χ2v) is 7.03. The fourth-order valence-corrected chi connectivity index (χ4v) is 3.52. The van der Waals surface area contributed by atoms with Crippen LogP contribution in [0.4, 0.5) is 5.69 Å². The zero-order valence-corrected chi connectivity index (χ0v) is 16.5. The highest BCUT2D eigenvalue weighted by Crippen LogP contribution is 2.22. The Hall–Kier alpha value is -3.19. The van der Waals surface area contributed by atoms with Gasteiger partial charge in [0.1, 0.15) is 11.4 Å². The molecule has 29 heavy (non-hydrogen) atoms. The predicted octanol–water partition coefficient (Wildman–Crippen LogP) is 2.19. The third-order valence-electron chi connectivity index (χ3n) is 5.19. The molecule has 1 fully saturated rings. The Labute approximate surface area is 170 Å². The number of benzene rings is 2. The van der Waals surface area contributed by atoms with E-state index in [9.17, 15) is 4.79 Å². The number of para-hydroxylation sites is 2. The molecular formula is C22H25N5O2. The van der Waals surface area contributed by atoms with Gasteiger partial charge in [-0.2, -0.15) is 0 Å². The number of rotatable bonds is 6. The summed E-state index contributed by atoms with van der Waals surface area (Å²) in [5, 5.41) is 2.96. The molecule has 1 aromatic heterocycles. The van der Waals surface area contributed by atoms with Gasteiger partial charge in [0, 0.05) is 51.0 Å². The van der Waals surface area contributed by atoms with Gasteiger partial charge in [0.25, 0.3) is 5.91 Å². The lowest BCUT2D eigenvalue weighted by atomic mass is 10.2. The minimum atomic E-state index is -0.182. The number of carbonyl (C=O) groups is 1. The van der Waals surface area contributed by atoms with Crippen molar-refractivity contribution in [1.82, 2.24) is 20.2 Å². The van der Waals surface area contributed by atoms with Crippen LogP contribution in [0.25, 0.3) is 11.0 Å². The van der Waals surface area contributed by atoms with Crippen molar-refractivity contribution in [2.75, 3.05) is 51.3 Å². The molecule has 2 heterocycles. The van der Waals surface area contributed by atoms with Crippen LogP contribution in [0, 0.1) is 0 Å². The van der Waals surface area contributed by atoms with Crippen LogP contribution in [-0.4, -0.2) is 67.2 Å². The molecule has 0 bridgehead atoms. The maximum atomic E-state index is 12.4. The molecule has 0 atom stereocenters. The van der Waals surface area contributed by atoms with Crippen LogP contribution in [0.2, 0.25) is 0 Å². The molecule has 3 aromatic rings. The van der Waals surface area contributed by atoms with E-state index in [1.807, 2.05) is 36.4 Å². The highest BCUT2D eigenvalue weighted by molar-refractivity contribution is 5.93. The van der Waals surface area contributed by atoms with Crippen molar-refractivity contribution in [2.24, 2.45) is 0 Å². The van der Waals surface area contributed by atoms with Crippen LogP contribution in [-0.2, 0) is 0 Å². The molecule has 1 amide bonds. The first-order valence-corrected chi connectivity index (χ1v) is 9.84. The van der Waals surface area contributed by atoms with E-state index < -0.39 is 0 Å². The fraction of sp³-hybridized carbons (Fsp3) is 0.318. The van der Waals surface area contributed by atoms with Gasteiger partial charge < -0.3 is 15.0 Å². The van der Waals surface area contributed by atoms with Gasteiger partial charge in [0.15, 0.2) is 0 Å². The van der Waals surface area contributed by atoms with E-state index in [4.69, 9.17) is 4.74 Å². The third kappa shape index (κ3) is 4.63. The second-order valence-electron chi connectivity index (χ2n) is 7.03. The average molecular weight is 391 g/mol. The summed E-state index contributed by atoms with van der Waals surface area (Å²) in [6, 6.07) is 15.7. The van der Waals surface area contributed by atoms with E-state index in [1.54, 1.807) is 7.11 Å². The number of methoxy groups -OCH3 is 1. The number of anilines is 1. The number of nitrogens with one attached hydrogen (secondary N) is 1. The number of hydrogen-bond acceptors (Lipinski definition) is 6. The molecule has 7 nitrogen and oxygen atoms in total. The Morgan fingerprint density at radius 2 is 1.86 bits per heavy atom. The first-order valence-electron chi connectivity index (χ1n) is 9.84. The first kappa shape index (κ1) is 19.1. The number of amides is 1. The van der Waals surface area contributed by atoms with Gasteiger partial charge in [0.05, 0.1) is 24.3 Å². The molecule has 150 valence electrons. The van der Waals surface area contributed by atoms with E-state index in [0.717, 1.165) is 49.5 Å². The smallest absolute Gasteiger partial charge is 0.271 e. The van der Waals surface area contributed by atoms with Crippen molar-refractivity contribution in [2.45, 2.75) is 0 Å². The van der Waals surface area contributed by atoms with Crippen molar-refractivity contribution in [3.05, 3.63) is 60.4 Å². The summed E-state index contributed by atoms with van der Waals surface area (Å²) in [7, 11) is 1.69. The molecule has 0 unspecified atom stereocenters. The highest BCUT2D eigenvalue weighted by Gasteiger charge is 2.17. The molecule has 7 heteroatoms. The quantitative estimate of drug-likeness (QED) is 0.695. The van der Waals surface area contributed by atoms with Crippen molar-refractivity contribution in [1.29, 1.82) is 0 Å². The maximum Gasteiger partial charge on any atom is 0.271 e. The van der Waals surface area contributed by atoms with E-state index in [2.05, 4.69) is 37.2 Å². The summed E-state index contributed by atoms with van der Waals surface area (Å²) < 4.78 is 5.32. The van der Waals surface area contributed by atoms with Crippen LogP contribution in [0.3, 0.4) is 0 Å². The Morgan fingerprint density at radius 1 is 1.07 bits per heavy atom. The largest absolute Gasteiger partial charge is 0.497 e. The molecule has 1 aliphatic rings. The Morgan fingerprint density at radius 3 is 2.66 bits per heavy atom. The number of ether oxygens (including phenoxy) is 1. The lowest BCUT2D eigenvalue weighted by Gasteiger charge is -2.36. The summed E-state index contributed by atoms with van der Waals surface area (Å²) in [6.45, 7) is 5.24. The highest BCUT2D eigenvalue weighted by atomic mass is 16.5. The molecule has 0 aliphatic carbocycles. The van der Waals surface area contributed by atoms with Crippen LogP contribution < -0.4 is 15.0 Å². The van der Waals surface area contributed by atoms with E-state index >= 15 is 0 Å². The summed E-state index contributed by atoms with van der Waals surface area (Å²) >= 11 is 0. The summed E-state index contributed by atoms with van der Waals surface area (Å²) in [5.74, 6) is 0.697. The number of aromatic nitrogens is 2. The molecule has 1 N–H and O–H groups in total. The molecule has 0 radical (unpaired) electrons. The van der Waals surface area contributed by atoms with Gasteiger partial charge in [-0.3, -0.25) is 14.7 Å². The minimum Gasteiger partial charge on any atom is -0.497 e. The normalized spacial score (nSPS) is 14.7. The Balaban J connectivity index is 1.24. The van der Waals surface area contributed by atoms with Crippen molar-refractivity contribution >= 4 is 22.6 Å². The van der Waals surface area contributed by atoms with Crippen molar-refractivity contribution in [3.8, 4) is 5.75 Å². The standard InChI is InChI=1S/C22H25N5O2/c1-29-18-6-4-5-17(15-18)27-13-11-26(12-14-27)10-9-23-22(28)21-16-24-19-7-2-3-8-20(19)25-21/h2-8,15-16H,9-14H2,1H3,(H,23,28). The van der Waals surface area contributed by atoms with Crippen LogP contribution in [0.5, 0.6) is 5.75 Å². The molecule has 2 aromatic carbocycles. The van der Waals surface area contributed by atoms with Crippen LogP contribution in [0.15, 0.2) is 54.7 Å². The summed E-state index contributed by atoms with van der Waals surface area (Å²) in [5.41, 5.74) is 3.06. The predicted molar refractivity (Wildman–Crippen MR) is 114 cm³/mol. The fourth-order valence-electron chi connectivity index (χ4n) is 3.52. The molecule has 1 aliphatic heterocycles. The van der Waals surface area contributed by atoms with Gasteiger partial charge in [-0.1, -0.05) is 18.2 Å². The molecular weight excluding hydrogens is 366 g/mol. The minimum absolute atomic E-state index is 0.182. The maximum absolute atomic E-state index is 12.4. The molecule has 4 rings (SSSR count). The number of piperazine rings is 1. The third-order valence-corrected chi connectivity index (χ3v) is 5.19. The van der Waals surface area contributed by atoms with Crippen LogP contribution >= 0.6 is 0 Å². The average Bonchev–Trinajstić information content (AvgIpc) is 2.79. The first-order chi connectivity index (χ1) is 14.2. The van der Waals surface area contributed by atoms with Crippen molar-refractivity contribution < 1.29 is 9.53 Å². The Kier molecular flexibility index (Phi) is 5.86. The van der Waals surface area contributed by atoms with Gasteiger partial charge in [0.2, 0.25) is 0 Å². The van der Waals surface area contributed by atoms with Gasteiger partial charge in [-0.15, -0.1) is 0 Å². The summed E-state index contributed by atoms with van der Waals surface area (Å²) in [6.07, 6.45) is 1.53. The molecule has 0 spiro atoms. The number of carbonyl (C=O) groups excluding carboxylic acids is 1. The summed E-state index contributed by atoms with van der Waals surface area (Å²) in [4.78, 5) is 25.8. The number of hydrogen-bond donors (Lipinski definition) is 1. The van der Waals surface area contributed by atoms with Gasteiger partial charge >= 0.3 is 0 Å². The van der Waals surface area contributed by atoms with Gasteiger partial charge in [-0.25, -0.2) is 4.98 Å². The van der Waals surface area contributed by atoms with Crippen LogP contribution in [0.1, 0.15) is 10.5 Å². The monoisotopic (exact) mass is 391 g/mol. The van der Waals surface area contributed by atoms with E-state index in [-0.39, 0.29) is 5.91 Å². The SMILES string of the molecule is COc1cccc(N2CCN(CCNC(=O)c3cnc4ccccc4n3)CC2)c1. The zero-order valence-electron chi connectivity index (χ0n) is 16.5. The lowest BCUT2D eigenvalue weighted by Crippen LogP contribution is -2.48. The Bertz CT molecular complexity index is 986.